The average molecular weight is 678 g/mol. The number of nitrogens with one attached hydrogen (secondary N) is 1. The van der Waals surface area contributed by atoms with Crippen LogP contribution in [0.25, 0.3) is 17.0 Å². The fraction of sp³-hybridized carbons (Fsp3) is 0.605. The van der Waals surface area contributed by atoms with Crippen molar-refractivity contribution < 1.29 is 9.90 Å². The Hall–Kier alpha value is -2.99. The Labute approximate surface area is 297 Å². The van der Waals surface area contributed by atoms with Gasteiger partial charge in [-0.3, -0.25) is 4.98 Å². The topological polar surface area (TPSA) is 75.1 Å². The summed E-state index contributed by atoms with van der Waals surface area (Å²) in [6.45, 7) is 15.5. The van der Waals surface area contributed by atoms with Gasteiger partial charge in [0.25, 0.3) is 0 Å². The van der Waals surface area contributed by atoms with E-state index in [9.17, 15) is 9.90 Å². The van der Waals surface area contributed by atoms with E-state index in [4.69, 9.17) is 4.98 Å². The quantitative estimate of drug-likeness (QED) is 0.272. The summed E-state index contributed by atoms with van der Waals surface area (Å²) in [5, 5.41) is 16.9. The summed E-state index contributed by atoms with van der Waals surface area (Å²) in [5.74, 6) is 2.63. The Bertz CT molecular complexity index is 1760. The first-order valence-corrected chi connectivity index (χ1v) is 19.9. The standard InChI is InChI=1S/C43H55N3O2S/c1-7-27-17-22-43(46-38-45-33(26-49-38)32-10-8-9-25-44-32)24-23-41(5)31(36(27)43)15-16-35-40(4)20-18-30(28-11-13-29(14-12-28)37(47)48)39(2,3)34(40)19-21-42(35,41)6/h8-14,18,25-27,31,34-36H,7,15-17,19-24H2,1-6H3,(H,45,46)(H,47,48)/t27-,31-,34+,35-,36-,40+,41-,42-,43+/m1/s1. The van der Waals surface area contributed by atoms with Crippen LogP contribution in [0.15, 0.2) is 60.1 Å². The van der Waals surface area contributed by atoms with Gasteiger partial charge in [0.05, 0.1) is 11.3 Å². The number of allylic oxidation sites excluding steroid dienone is 2. The molecule has 4 fully saturated rings. The lowest BCUT2D eigenvalue weighted by atomic mass is 9.33. The lowest BCUT2D eigenvalue weighted by Crippen LogP contribution is -2.67. The van der Waals surface area contributed by atoms with Crippen LogP contribution in [0.3, 0.4) is 0 Å². The number of thiazole rings is 1. The van der Waals surface area contributed by atoms with Crippen LogP contribution >= 0.6 is 11.3 Å². The summed E-state index contributed by atoms with van der Waals surface area (Å²) in [6.07, 6.45) is 17.2. The molecule has 2 N–H and O–H groups in total. The number of fused-ring (bicyclic) bond motifs is 7. The minimum Gasteiger partial charge on any atom is -0.478 e. The summed E-state index contributed by atoms with van der Waals surface area (Å²) in [5.41, 5.74) is 5.95. The predicted octanol–water partition coefficient (Wildman–Crippen LogP) is 11.3. The highest BCUT2D eigenvalue weighted by atomic mass is 32.1. The van der Waals surface area contributed by atoms with Crippen LogP contribution < -0.4 is 5.32 Å². The molecule has 1 aromatic carbocycles. The molecule has 0 spiro atoms. The minimum atomic E-state index is -0.858. The Balaban J connectivity index is 1.10. The molecule has 49 heavy (non-hydrogen) atoms. The molecule has 0 unspecified atom stereocenters. The van der Waals surface area contributed by atoms with E-state index < -0.39 is 5.97 Å². The zero-order chi connectivity index (χ0) is 34.4. The second kappa shape index (κ2) is 11.5. The predicted molar refractivity (Wildman–Crippen MR) is 200 cm³/mol. The first-order valence-electron chi connectivity index (χ1n) is 19.1. The molecular formula is C43H55N3O2S. The summed E-state index contributed by atoms with van der Waals surface area (Å²) >= 11 is 1.75. The largest absolute Gasteiger partial charge is 0.478 e. The Morgan fingerprint density at radius 3 is 2.41 bits per heavy atom. The first-order chi connectivity index (χ1) is 23.4. The second-order valence-corrected chi connectivity index (χ2v) is 18.7. The molecule has 0 aliphatic heterocycles. The normalized spacial score (nSPS) is 39.1. The second-order valence-electron chi connectivity index (χ2n) is 17.9. The van der Waals surface area contributed by atoms with E-state index in [0.29, 0.717) is 34.1 Å². The van der Waals surface area contributed by atoms with Crippen LogP contribution in [0.1, 0.15) is 122 Å². The number of carbonyl (C=O) groups is 1. The fourth-order valence-corrected chi connectivity index (χ4v) is 14.3. The van der Waals surface area contributed by atoms with Crippen molar-refractivity contribution in [3.63, 3.8) is 0 Å². The van der Waals surface area contributed by atoms with Crippen LogP contribution in [-0.4, -0.2) is 26.6 Å². The van der Waals surface area contributed by atoms with Gasteiger partial charge in [-0.2, -0.15) is 0 Å². The number of hydrogen-bond acceptors (Lipinski definition) is 5. The molecule has 2 aromatic heterocycles. The molecule has 3 aromatic rings. The number of benzene rings is 1. The van der Waals surface area contributed by atoms with Crippen molar-refractivity contribution in [2.75, 3.05) is 5.32 Å². The van der Waals surface area contributed by atoms with Gasteiger partial charge in [-0.05, 0) is 144 Å². The SMILES string of the molecule is CC[C@@H]1CC[C@]2(Nc3nc(-c4ccccn4)cs3)CC[C@]3(C)[C@H](CC[C@@H]4[C@@]5(C)CC=C(c6ccc(C(=O)O)cc6)C(C)(C)[C@@H]5CC[C@]43C)[C@@H]12. The smallest absolute Gasteiger partial charge is 0.335 e. The van der Waals surface area contributed by atoms with Gasteiger partial charge in [0, 0.05) is 17.1 Å². The van der Waals surface area contributed by atoms with E-state index >= 15 is 0 Å². The van der Waals surface area contributed by atoms with Gasteiger partial charge in [0.1, 0.15) is 5.69 Å². The van der Waals surface area contributed by atoms with E-state index in [1.165, 1.54) is 68.9 Å². The highest BCUT2D eigenvalue weighted by Crippen LogP contribution is 2.76. The third-order valence-corrected chi connectivity index (χ3v) is 16.7. The van der Waals surface area contributed by atoms with Crippen molar-refractivity contribution in [3.8, 4) is 11.4 Å². The molecule has 8 rings (SSSR count). The highest BCUT2D eigenvalue weighted by Gasteiger charge is 2.70. The number of anilines is 1. The van der Waals surface area contributed by atoms with Crippen molar-refractivity contribution in [3.05, 3.63) is 71.2 Å². The van der Waals surface area contributed by atoms with Gasteiger partial charge in [-0.25, -0.2) is 9.78 Å². The van der Waals surface area contributed by atoms with Gasteiger partial charge in [0.15, 0.2) is 5.13 Å². The highest BCUT2D eigenvalue weighted by molar-refractivity contribution is 7.14. The maximum atomic E-state index is 11.6. The zero-order valence-corrected chi connectivity index (χ0v) is 31.2. The molecule has 9 atom stereocenters. The summed E-state index contributed by atoms with van der Waals surface area (Å²) < 4.78 is 0. The number of carboxylic acid groups (broad SMARTS) is 1. The molecule has 5 nitrogen and oxygen atoms in total. The molecule has 5 aliphatic carbocycles. The van der Waals surface area contributed by atoms with Crippen LogP contribution in [-0.2, 0) is 0 Å². The lowest BCUT2D eigenvalue weighted by Gasteiger charge is -2.72. The lowest BCUT2D eigenvalue weighted by molar-refractivity contribution is -0.217. The number of hydrogen-bond donors (Lipinski definition) is 2. The number of rotatable bonds is 6. The maximum absolute atomic E-state index is 11.6. The van der Waals surface area contributed by atoms with Crippen molar-refractivity contribution in [1.82, 2.24) is 9.97 Å². The van der Waals surface area contributed by atoms with Crippen LogP contribution in [0.4, 0.5) is 5.13 Å². The molecule has 0 saturated heterocycles. The molecule has 2 heterocycles. The molecule has 6 heteroatoms. The van der Waals surface area contributed by atoms with E-state index in [1.807, 2.05) is 30.5 Å². The molecular weight excluding hydrogens is 623 g/mol. The van der Waals surface area contributed by atoms with E-state index in [-0.39, 0.29) is 16.4 Å². The van der Waals surface area contributed by atoms with Crippen LogP contribution in [0, 0.1) is 51.2 Å². The Morgan fingerprint density at radius 2 is 1.69 bits per heavy atom. The summed E-state index contributed by atoms with van der Waals surface area (Å²) in [6, 6.07) is 13.7. The maximum Gasteiger partial charge on any atom is 0.335 e. The number of pyridine rings is 1. The number of carboxylic acids is 1. The third kappa shape index (κ3) is 4.78. The van der Waals surface area contributed by atoms with Gasteiger partial charge in [-0.15, -0.1) is 11.3 Å². The van der Waals surface area contributed by atoms with Crippen LogP contribution in [0.5, 0.6) is 0 Å². The summed E-state index contributed by atoms with van der Waals surface area (Å²) in [4.78, 5) is 21.2. The third-order valence-electron chi connectivity index (χ3n) is 15.9. The van der Waals surface area contributed by atoms with Crippen molar-refractivity contribution in [1.29, 1.82) is 0 Å². The van der Waals surface area contributed by atoms with Gasteiger partial charge >= 0.3 is 5.97 Å². The molecule has 0 bridgehead atoms. The van der Waals surface area contributed by atoms with E-state index in [0.717, 1.165) is 34.8 Å². The molecule has 260 valence electrons. The summed E-state index contributed by atoms with van der Waals surface area (Å²) in [7, 11) is 0. The van der Waals surface area contributed by atoms with Crippen molar-refractivity contribution in [2.45, 2.75) is 111 Å². The minimum absolute atomic E-state index is 0.0308. The fourth-order valence-electron chi connectivity index (χ4n) is 13.5. The molecule has 0 amide bonds. The van der Waals surface area contributed by atoms with Gasteiger partial charge < -0.3 is 10.4 Å². The zero-order valence-electron chi connectivity index (χ0n) is 30.4. The Morgan fingerprint density at radius 1 is 0.898 bits per heavy atom. The van der Waals surface area contributed by atoms with Crippen molar-refractivity contribution >= 4 is 28.0 Å². The van der Waals surface area contributed by atoms with E-state index in [1.54, 1.807) is 23.5 Å². The van der Waals surface area contributed by atoms with Gasteiger partial charge in [0.2, 0.25) is 0 Å². The average Bonchev–Trinajstić information content (AvgIpc) is 3.70. The van der Waals surface area contributed by atoms with Crippen LogP contribution in [0.2, 0.25) is 0 Å². The number of aromatic nitrogens is 2. The monoisotopic (exact) mass is 677 g/mol. The van der Waals surface area contributed by atoms with E-state index in [2.05, 4.69) is 69.4 Å². The van der Waals surface area contributed by atoms with Crippen molar-refractivity contribution in [2.24, 2.45) is 51.2 Å². The molecule has 5 aliphatic rings. The number of aromatic carboxylic acids is 1. The molecule has 4 saturated carbocycles. The molecule has 0 radical (unpaired) electrons. The van der Waals surface area contributed by atoms with Gasteiger partial charge in [-0.1, -0.05) is 72.2 Å². The first kappa shape index (κ1) is 33.2. The Kier molecular flexibility index (Phi) is 7.80. The number of nitrogens with zero attached hydrogens (tertiary/aromatic N) is 2.